The molecule has 0 aliphatic carbocycles. The maximum Gasteiger partial charge on any atom is 0.476 e. The van der Waals surface area contributed by atoms with E-state index in [0.717, 1.165) is 0 Å². The summed E-state index contributed by atoms with van der Waals surface area (Å²) in [6.07, 6.45) is 0. The van der Waals surface area contributed by atoms with Crippen LogP contribution in [0.4, 0.5) is 0 Å². The van der Waals surface area contributed by atoms with Gasteiger partial charge in [0.1, 0.15) is 26.4 Å². The van der Waals surface area contributed by atoms with Crippen LogP contribution in [0, 0.1) is 0 Å². The van der Waals surface area contributed by atoms with Gasteiger partial charge in [0.15, 0.2) is 0 Å². The lowest BCUT2D eigenvalue weighted by atomic mass is 10.2. The lowest BCUT2D eigenvalue weighted by molar-refractivity contribution is -0.0266. The van der Waals surface area contributed by atoms with Gasteiger partial charge in [-0.05, 0) is 59.7 Å². The summed E-state index contributed by atoms with van der Waals surface area (Å²) in [5, 5.41) is 7.87. The fraction of sp³-hybridized carbons (Fsp3) is 0.250. The first-order valence-corrected chi connectivity index (χ1v) is 27.2. The molecule has 6 aromatic carbocycles. The van der Waals surface area contributed by atoms with Crippen LogP contribution in [0.2, 0.25) is 18.1 Å². The van der Waals surface area contributed by atoms with Crippen molar-refractivity contribution in [2.45, 2.75) is 76.5 Å². The van der Waals surface area contributed by atoms with Crippen LogP contribution in [-0.4, -0.2) is 43.2 Å². The van der Waals surface area contributed by atoms with Gasteiger partial charge in [-0.15, -0.1) is 0 Å². The molecule has 0 atom stereocenters. The summed E-state index contributed by atoms with van der Waals surface area (Å²) >= 11 is 0. The normalized spacial score (nSPS) is 12.7. The van der Waals surface area contributed by atoms with Crippen molar-refractivity contribution in [1.82, 2.24) is 0 Å². The molecule has 0 radical (unpaired) electrons. The van der Waals surface area contributed by atoms with Crippen LogP contribution in [0.5, 0.6) is 0 Å². The maximum atomic E-state index is 15.8. The molecule has 0 N–H and O–H groups in total. The Labute approximate surface area is 340 Å². The lowest BCUT2D eigenvalue weighted by Gasteiger charge is -2.40. The fourth-order valence-corrected chi connectivity index (χ4v) is 20.4. The van der Waals surface area contributed by atoms with E-state index in [4.69, 9.17) is 13.6 Å². The van der Waals surface area contributed by atoms with Crippen LogP contribution < -0.4 is 31.1 Å². The summed E-state index contributed by atoms with van der Waals surface area (Å²) in [5.41, 5.74) is -2.51. The molecule has 290 valence electrons. The smallest absolute Gasteiger partial charge is 0.281 e. The zero-order valence-corrected chi connectivity index (χ0v) is 38.1. The molecular formula is C48H57O4PSi3. The van der Waals surface area contributed by atoms with E-state index in [1.165, 1.54) is 31.1 Å². The Bertz CT molecular complexity index is 1760. The number of benzene rings is 6. The molecule has 0 bridgehead atoms. The van der Waals surface area contributed by atoms with Crippen molar-refractivity contribution >= 4 is 65.3 Å². The minimum Gasteiger partial charge on any atom is -0.281 e. The molecule has 0 saturated carbocycles. The number of hydrogen-bond donors (Lipinski definition) is 0. The standard InChI is InChI=1S/C48H57O4PSi3/c1-46(2,37-54(40-25-13-7-14-26-40)41-27-15-8-16-28-41)50-53(49,51-47(3,4)38-55(42-29-17-9-18-30-42)43-31-19-10-20-32-43)52-48(5,6)39-56(44-33-21-11-22-34-44)45-35-23-12-24-36-45/h7-36,54-56H,37-39H2,1-6H3. The highest BCUT2D eigenvalue weighted by Crippen LogP contribution is 2.59. The highest BCUT2D eigenvalue weighted by molar-refractivity contribution is 7.48. The molecule has 0 fully saturated rings. The monoisotopic (exact) mass is 812 g/mol. The summed E-state index contributed by atoms with van der Waals surface area (Å²) < 4.78 is 36.6. The van der Waals surface area contributed by atoms with Crippen LogP contribution in [0.25, 0.3) is 0 Å². The van der Waals surface area contributed by atoms with Crippen molar-refractivity contribution in [3.8, 4) is 0 Å². The van der Waals surface area contributed by atoms with Crippen molar-refractivity contribution in [3.05, 3.63) is 182 Å². The van der Waals surface area contributed by atoms with E-state index >= 15 is 4.57 Å². The molecule has 4 nitrogen and oxygen atoms in total. The van der Waals surface area contributed by atoms with Crippen molar-refractivity contribution in [1.29, 1.82) is 0 Å². The molecule has 0 spiro atoms. The van der Waals surface area contributed by atoms with E-state index in [2.05, 4.69) is 224 Å². The van der Waals surface area contributed by atoms with Crippen LogP contribution >= 0.6 is 7.82 Å². The Kier molecular flexibility index (Phi) is 13.8. The number of rotatable bonds is 18. The second kappa shape index (κ2) is 18.6. The predicted molar refractivity (Wildman–Crippen MR) is 245 cm³/mol. The van der Waals surface area contributed by atoms with Crippen LogP contribution in [0.1, 0.15) is 41.5 Å². The molecule has 0 aliphatic heterocycles. The van der Waals surface area contributed by atoms with E-state index < -0.39 is 51.0 Å². The Morgan fingerprint density at radius 3 is 0.661 bits per heavy atom. The molecule has 6 rings (SSSR count). The van der Waals surface area contributed by atoms with Crippen molar-refractivity contribution in [2.75, 3.05) is 0 Å². The van der Waals surface area contributed by atoms with Gasteiger partial charge in [-0.25, -0.2) is 4.57 Å². The number of phosphoric acid groups is 1. The molecule has 0 aromatic heterocycles. The van der Waals surface area contributed by atoms with E-state index in [9.17, 15) is 0 Å². The summed E-state index contributed by atoms with van der Waals surface area (Å²) in [5.74, 6) is 0. The molecule has 56 heavy (non-hydrogen) atoms. The van der Waals surface area contributed by atoms with Gasteiger partial charge in [0.25, 0.3) is 0 Å². The highest BCUT2D eigenvalue weighted by Gasteiger charge is 2.46. The quantitative estimate of drug-likeness (QED) is 0.0663. The van der Waals surface area contributed by atoms with E-state index in [1.807, 2.05) is 0 Å². The molecule has 0 aliphatic rings. The average molecular weight is 813 g/mol. The summed E-state index contributed by atoms with van der Waals surface area (Å²) in [4.78, 5) is 0. The number of phosphoric ester groups is 1. The Morgan fingerprint density at radius 2 is 0.500 bits per heavy atom. The van der Waals surface area contributed by atoms with Gasteiger partial charge in [0, 0.05) is 0 Å². The van der Waals surface area contributed by atoms with Gasteiger partial charge in [-0.2, -0.15) is 0 Å². The minimum atomic E-state index is -4.24. The third-order valence-electron chi connectivity index (χ3n) is 10.4. The van der Waals surface area contributed by atoms with Gasteiger partial charge < -0.3 is 0 Å². The zero-order chi connectivity index (χ0) is 39.7. The van der Waals surface area contributed by atoms with E-state index in [1.54, 1.807) is 0 Å². The Morgan fingerprint density at radius 1 is 0.339 bits per heavy atom. The first-order valence-electron chi connectivity index (χ1n) is 19.8. The van der Waals surface area contributed by atoms with Gasteiger partial charge >= 0.3 is 7.82 Å². The Hall–Kier alpha value is -3.92. The molecule has 0 saturated heterocycles. The minimum absolute atomic E-state index is 0.704. The van der Waals surface area contributed by atoms with Crippen molar-refractivity contribution in [2.24, 2.45) is 0 Å². The Balaban J connectivity index is 1.35. The molecular weight excluding hydrogens is 756 g/mol. The van der Waals surface area contributed by atoms with Gasteiger partial charge in [0.2, 0.25) is 0 Å². The van der Waals surface area contributed by atoms with Crippen molar-refractivity contribution < 1.29 is 18.1 Å². The second-order valence-corrected chi connectivity index (χ2v) is 26.7. The molecule has 0 unspecified atom stereocenters. The van der Waals surface area contributed by atoms with Gasteiger partial charge in [-0.3, -0.25) is 13.6 Å². The first-order chi connectivity index (χ1) is 26.8. The van der Waals surface area contributed by atoms with Crippen LogP contribution in [-0.2, 0) is 18.1 Å². The zero-order valence-electron chi connectivity index (χ0n) is 33.8. The van der Waals surface area contributed by atoms with Gasteiger partial charge in [-0.1, -0.05) is 213 Å². The summed E-state index contributed by atoms with van der Waals surface area (Å²) in [6, 6.07) is 66.3. The van der Waals surface area contributed by atoms with Crippen molar-refractivity contribution in [3.63, 3.8) is 0 Å². The lowest BCUT2D eigenvalue weighted by Crippen LogP contribution is -2.49. The molecule has 8 heteroatoms. The molecule has 0 amide bonds. The largest absolute Gasteiger partial charge is 0.476 e. The topological polar surface area (TPSA) is 44.8 Å². The second-order valence-electron chi connectivity index (χ2n) is 16.7. The third kappa shape index (κ3) is 11.8. The third-order valence-corrected chi connectivity index (χ3v) is 23.8. The van der Waals surface area contributed by atoms with E-state index in [-0.39, 0.29) is 0 Å². The summed E-state index contributed by atoms with van der Waals surface area (Å²) in [7, 11) is -9.71. The maximum absolute atomic E-state index is 15.8. The summed E-state index contributed by atoms with van der Waals surface area (Å²) in [6.45, 7) is 12.3. The van der Waals surface area contributed by atoms with Crippen LogP contribution in [0.15, 0.2) is 182 Å². The molecule has 0 heterocycles. The van der Waals surface area contributed by atoms with E-state index in [0.29, 0.717) is 18.1 Å². The molecule has 6 aromatic rings. The number of hydrogen-bond acceptors (Lipinski definition) is 4. The highest BCUT2D eigenvalue weighted by atomic mass is 31.2. The van der Waals surface area contributed by atoms with Crippen LogP contribution in [0.3, 0.4) is 0 Å². The SMILES string of the molecule is CC(C)(C[SiH](c1ccccc1)c1ccccc1)OP(=O)(OC(C)(C)C[SiH](c1ccccc1)c1ccccc1)OC(C)(C)C[SiH](c1ccccc1)c1ccccc1. The average Bonchev–Trinajstić information content (AvgIpc) is 3.19. The predicted octanol–water partition coefficient (Wildman–Crippen LogP) is 7.60. The first kappa shape index (κ1) is 41.7. The van der Waals surface area contributed by atoms with Gasteiger partial charge in [0.05, 0.1) is 16.8 Å². The fourth-order valence-electron chi connectivity index (χ4n) is 7.95.